The van der Waals surface area contributed by atoms with E-state index < -0.39 is 52.3 Å². The number of hydrogen-bond donors (Lipinski definition) is 1. The fourth-order valence-electron chi connectivity index (χ4n) is 2.67. The molecule has 0 fully saturated rings. The van der Waals surface area contributed by atoms with E-state index in [1.807, 2.05) is 0 Å². The lowest BCUT2D eigenvalue weighted by molar-refractivity contribution is -0.137. The van der Waals surface area contributed by atoms with Crippen LogP contribution < -0.4 is 5.32 Å². The Balaban J connectivity index is 1.74. The first-order valence-corrected chi connectivity index (χ1v) is 9.47. The van der Waals surface area contributed by atoms with Crippen molar-refractivity contribution < 1.29 is 31.1 Å². The Hall–Kier alpha value is -3.58. The third-order valence-electron chi connectivity index (χ3n) is 4.21. The van der Waals surface area contributed by atoms with E-state index in [4.69, 9.17) is 11.6 Å². The Kier molecular flexibility index (Phi) is 6.93. The monoisotopic (exact) mass is 483 g/mol. The summed E-state index contributed by atoms with van der Waals surface area (Å²) in [6.07, 6.45) is -2.64. The summed E-state index contributed by atoms with van der Waals surface area (Å²) < 4.78 is 81.1. The summed E-state index contributed by atoms with van der Waals surface area (Å²) in [5.74, 6) is -0.552. The maximum Gasteiger partial charge on any atom is 0.417 e. The van der Waals surface area contributed by atoms with Crippen molar-refractivity contribution in [3.63, 3.8) is 0 Å². The second-order valence-electron chi connectivity index (χ2n) is 6.60. The Labute approximate surface area is 188 Å². The predicted octanol–water partition coefficient (Wildman–Crippen LogP) is 5.21. The zero-order valence-corrected chi connectivity index (χ0v) is 17.1. The Morgan fingerprint density at radius 1 is 0.970 bits per heavy atom. The summed E-state index contributed by atoms with van der Waals surface area (Å²) in [7, 11) is 0. The molecular weight excluding hydrogens is 472 g/mol. The van der Waals surface area contributed by atoms with E-state index in [1.54, 1.807) is 5.32 Å². The van der Waals surface area contributed by atoms with Gasteiger partial charge in [0.2, 0.25) is 5.95 Å². The van der Waals surface area contributed by atoms with E-state index >= 15 is 0 Å². The van der Waals surface area contributed by atoms with E-state index in [2.05, 4.69) is 21.8 Å². The molecule has 0 saturated heterocycles. The molecule has 3 aromatic rings. The normalized spacial score (nSPS) is 11.5. The SMILES string of the molecule is O=C(NCC(F)(F)c1ncc(C#Cc2ccc(F)nc2)cc1Cl)c1ccccc1C(F)(F)F. The number of aromatic nitrogens is 2. The quantitative estimate of drug-likeness (QED) is 0.315. The van der Waals surface area contributed by atoms with Gasteiger partial charge in [0.15, 0.2) is 0 Å². The van der Waals surface area contributed by atoms with Crippen molar-refractivity contribution in [1.29, 1.82) is 0 Å². The molecule has 4 nitrogen and oxygen atoms in total. The standard InChI is InChI=1S/C22H12ClF6N3O/c23-17-9-14(6-5-13-7-8-18(24)30-10-13)11-31-19(17)21(25,26)12-32-20(33)15-3-1-2-4-16(15)22(27,28)29/h1-4,7-11H,12H2,(H,32,33). The first-order valence-electron chi connectivity index (χ1n) is 9.09. The van der Waals surface area contributed by atoms with Gasteiger partial charge in [0.1, 0.15) is 5.69 Å². The van der Waals surface area contributed by atoms with Crippen molar-refractivity contribution >= 4 is 17.5 Å². The fourth-order valence-corrected chi connectivity index (χ4v) is 2.97. The summed E-state index contributed by atoms with van der Waals surface area (Å²) in [6.45, 7) is -1.34. The Morgan fingerprint density at radius 2 is 1.64 bits per heavy atom. The van der Waals surface area contributed by atoms with Crippen molar-refractivity contribution in [2.45, 2.75) is 12.1 Å². The molecule has 0 unspecified atom stereocenters. The summed E-state index contributed by atoms with van der Waals surface area (Å²) in [5, 5.41) is 1.33. The highest BCUT2D eigenvalue weighted by Gasteiger charge is 2.38. The smallest absolute Gasteiger partial charge is 0.346 e. The number of benzene rings is 1. The molecule has 0 spiro atoms. The third-order valence-corrected chi connectivity index (χ3v) is 4.50. The lowest BCUT2D eigenvalue weighted by atomic mass is 10.1. The number of pyridine rings is 2. The molecule has 11 heteroatoms. The number of amides is 1. The van der Waals surface area contributed by atoms with Crippen LogP contribution in [0.15, 0.2) is 54.9 Å². The number of nitrogens with zero attached hydrogens (tertiary/aromatic N) is 2. The van der Waals surface area contributed by atoms with Gasteiger partial charge < -0.3 is 5.32 Å². The molecule has 3 rings (SSSR count). The molecule has 1 N–H and O–H groups in total. The molecule has 0 saturated carbocycles. The van der Waals surface area contributed by atoms with Crippen molar-refractivity contribution in [3.05, 3.63) is 93.8 Å². The molecule has 0 aliphatic rings. The average Bonchev–Trinajstić information content (AvgIpc) is 2.76. The van der Waals surface area contributed by atoms with Gasteiger partial charge in [-0.3, -0.25) is 9.78 Å². The first kappa shape index (κ1) is 24.1. The first-order chi connectivity index (χ1) is 15.5. The van der Waals surface area contributed by atoms with E-state index in [9.17, 15) is 31.1 Å². The van der Waals surface area contributed by atoms with Crippen LogP contribution in [0.3, 0.4) is 0 Å². The maximum absolute atomic E-state index is 14.6. The largest absolute Gasteiger partial charge is 0.417 e. The van der Waals surface area contributed by atoms with Gasteiger partial charge in [0.05, 0.1) is 22.7 Å². The minimum atomic E-state index is -4.83. The highest BCUT2D eigenvalue weighted by molar-refractivity contribution is 6.31. The number of alkyl halides is 5. The lowest BCUT2D eigenvalue weighted by Crippen LogP contribution is -2.36. The lowest BCUT2D eigenvalue weighted by Gasteiger charge is -2.18. The van der Waals surface area contributed by atoms with Gasteiger partial charge in [-0.25, -0.2) is 4.98 Å². The molecule has 170 valence electrons. The fraction of sp³-hybridized carbons (Fsp3) is 0.136. The van der Waals surface area contributed by atoms with E-state index in [-0.39, 0.29) is 5.56 Å². The summed E-state index contributed by atoms with van der Waals surface area (Å²) in [5.41, 5.74) is -2.39. The molecule has 0 radical (unpaired) electrons. The zero-order valence-electron chi connectivity index (χ0n) is 16.4. The van der Waals surface area contributed by atoms with Gasteiger partial charge in [0, 0.05) is 23.5 Å². The number of halogens is 7. The summed E-state index contributed by atoms with van der Waals surface area (Å²) in [4.78, 5) is 19.1. The molecule has 0 aliphatic carbocycles. The van der Waals surface area contributed by atoms with Gasteiger partial charge in [-0.2, -0.15) is 26.3 Å². The molecule has 2 heterocycles. The predicted molar refractivity (Wildman–Crippen MR) is 107 cm³/mol. The van der Waals surface area contributed by atoms with Crippen LogP contribution in [0, 0.1) is 17.8 Å². The summed E-state index contributed by atoms with van der Waals surface area (Å²) >= 11 is 5.90. The van der Waals surface area contributed by atoms with Crippen LogP contribution in [0.25, 0.3) is 0 Å². The molecule has 0 bridgehead atoms. The minimum Gasteiger partial charge on any atom is -0.346 e. The number of carbonyl (C=O) groups is 1. The van der Waals surface area contributed by atoms with Crippen molar-refractivity contribution in [2.75, 3.05) is 6.54 Å². The van der Waals surface area contributed by atoms with Gasteiger partial charge >= 0.3 is 12.1 Å². The number of rotatable bonds is 4. The number of nitrogens with one attached hydrogen (secondary N) is 1. The van der Waals surface area contributed by atoms with Crippen LogP contribution >= 0.6 is 11.6 Å². The number of hydrogen-bond acceptors (Lipinski definition) is 3. The van der Waals surface area contributed by atoms with E-state index in [0.29, 0.717) is 11.6 Å². The van der Waals surface area contributed by atoms with Gasteiger partial charge in [-0.15, -0.1) is 0 Å². The minimum absolute atomic E-state index is 0.173. The van der Waals surface area contributed by atoms with Gasteiger partial charge in [-0.1, -0.05) is 35.6 Å². The van der Waals surface area contributed by atoms with Gasteiger partial charge in [0.25, 0.3) is 5.91 Å². The maximum atomic E-state index is 14.6. The number of carbonyl (C=O) groups excluding carboxylic acids is 1. The third kappa shape index (κ3) is 6.02. The average molecular weight is 484 g/mol. The molecule has 33 heavy (non-hydrogen) atoms. The Morgan fingerprint density at radius 3 is 2.27 bits per heavy atom. The van der Waals surface area contributed by atoms with Crippen molar-refractivity contribution in [1.82, 2.24) is 15.3 Å². The molecular formula is C22H12ClF6N3O. The van der Waals surface area contributed by atoms with Crippen LogP contribution in [0.5, 0.6) is 0 Å². The van der Waals surface area contributed by atoms with E-state index in [0.717, 1.165) is 30.5 Å². The highest BCUT2D eigenvalue weighted by atomic mass is 35.5. The molecule has 0 atom stereocenters. The second kappa shape index (κ2) is 9.50. The van der Waals surface area contributed by atoms with Gasteiger partial charge in [-0.05, 0) is 30.3 Å². The molecule has 1 aromatic carbocycles. The molecule has 0 aliphatic heterocycles. The second-order valence-corrected chi connectivity index (χ2v) is 7.01. The van der Waals surface area contributed by atoms with Crippen molar-refractivity contribution in [3.8, 4) is 11.8 Å². The van der Waals surface area contributed by atoms with Crippen LogP contribution in [0.2, 0.25) is 5.02 Å². The zero-order chi connectivity index (χ0) is 24.2. The topological polar surface area (TPSA) is 54.9 Å². The van der Waals surface area contributed by atoms with Crippen LogP contribution in [0.4, 0.5) is 26.3 Å². The van der Waals surface area contributed by atoms with Crippen LogP contribution in [0.1, 0.15) is 32.7 Å². The van der Waals surface area contributed by atoms with Crippen molar-refractivity contribution in [2.24, 2.45) is 0 Å². The highest BCUT2D eigenvalue weighted by Crippen LogP contribution is 2.33. The molecule has 2 aromatic heterocycles. The van der Waals surface area contributed by atoms with Crippen LogP contribution in [-0.2, 0) is 12.1 Å². The van der Waals surface area contributed by atoms with Crippen LogP contribution in [-0.4, -0.2) is 22.4 Å². The summed E-state index contributed by atoms with van der Waals surface area (Å²) in [6, 6.07) is 7.39. The molecule has 1 amide bonds. The Bertz CT molecular complexity index is 1230. The van der Waals surface area contributed by atoms with E-state index in [1.165, 1.54) is 18.3 Å².